The molecule has 7 heteroatoms. The molecular formula is C18H28ClN3O3. The minimum atomic E-state index is -0.366. The van der Waals surface area contributed by atoms with Crippen LogP contribution < -0.4 is 10.1 Å². The van der Waals surface area contributed by atoms with Gasteiger partial charge in [-0.15, -0.1) is 12.4 Å². The summed E-state index contributed by atoms with van der Waals surface area (Å²) in [6, 6.07) is 8.69. The molecule has 1 N–H and O–H groups in total. The van der Waals surface area contributed by atoms with E-state index in [-0.39, 0.29) is 25.0 Å². The van der Waals surface area contributed by atoms with Crippen molar-refractivity contribution in [2.24, 2.45) is 0 Å². The molecule has 2 fully saturated rings. The molecule has 2 aliphatic rings. The highest BCUT2D eigenvalue weighted by Crippen LogP contribution is 2.20. The number of hydrogen-bond donors (Lipinski definition) is 1. The summed E-state index contributed by atoms with van der Waals surface area (Å²) in [5.41, 5.74) is 1.28. The molecule has 3 rings (SSSR count). The van der Waals surface area contributed by atoms with Crippen LogP contribution in [0.25, 0.3) is 0 Å². The Labute approximate surface area is 155 Å². The Kier molecular flexibility index (Phi) is 7.96. The molecule has 0 bridgehead atoms. The first kappa shape index (κ1) is 20.0. The predicted molar refractivity (Wildman–Crippen MR) is 99.3 cm³/mol. The Hall–Kier alpha value is -1.34. The Balaban J connectivity index is 0.00000225. The Morgan fingerprint density at radius 3 is 2.60 bits per heavy atom. The molecule has 0 aliphatic carbocycles. The van der Waals surface area contributed by atoms with Crippen molar-refractivity contribution in [2.45, 2.75) is 19.0 Å². The molecule has 2 saturated heterocycles. The highest BCUT2D eigenvalue weighted by molar-refractivity contribution is 5.85. The molecule has 0 radical (unpaired) electrons. The molecule has 0 amide bonds. The summed E-state index contributed by atoms with van der Waals surface area (Å²) >= 11 is 0. The normalized spacial score (nSPS) is 21.6. The average Bonchev–Trinajstić information content (AvgIpc) is 3.10. The van der Waals surface area contributed by atoms with Crippen LogP contribution in [-0.4, -0.2) is 74.8 Å². The molecule has 0 saturated carbocycles. The molecule has 140 valence electrons. The minimum absolute atomic E-state index is 0. The number of nitrogens with one attached hydrogen (secondary N) is 1. The minimum Gasteiger partial charge on any atom is -0.482 e. The third-order valence-electron chi connectivity index (χ3n) is 4.83. The van der Waals surface area contributed by atoms with Crippen LogP contribution in [0.1, 0.15) is 12.0 Å². The summed E-state index contributed by atoms with van der Waals surface area (Å²) < 4.78 is 9.95. The van der Waals surface area contributed by atoms with E-state index in [4.69, 9.17) is 4.74 Å². The van der Waals surface area contributed by atoms with Crippen molar-refractivity contribution in [1.29, 1.82) is 0 Å². The van der Waals surface area contributed by atoms with Gasteiger partial charge in [-0.1, -0.05) is 12.1 Å². The van der Waals surface area contributed by atoms with E-state index in [1.807, 2.05) is 12.1 Å². The van der Waals surface area contributed by atoms with Crippen molar-refractivity contribution >= 4 is 18.4 Å². The lowest BCUT2D eigenvalue weighted by Gasteiger charge is -2.32. The Morgan fingerprint density at radius 1 is 1.20 bits per heavy atom. The quantitative estimate of drug-likeness (QED) is 0.759. The maximum absolute atomic E-state index is 11.1. The van der Waals surface area contributed by atoms with E-state index in [0.29, 0.717) is 11.8 Å². The summed E-state index contributed by atoms with van der Waals surface area (Å²) in [6.07, 6.45) is 1.26. The molecule has 25 heavy (non-hydrogen) atoms. The molecular weight excluding hydrogens is 342 g/mol. The fraction of sp³-hybridized carbons (Fsp3) is 0.611. The van der Waals surface area contributed by atoms with E-state index in [1.54, 1.807) is 0 Å². The van der Waals surface area contributed by atoms with Gasteiger partial charge in [0.15, 0.2) is 6.61 Å². The Morgan fingerprint density at radius 2 is 1.92 bits per heavy atom. The van der Waals surface area contributed by atoms with Crippen LogP contribution in [0.3, 0.4) is 0 Å². The van der Waals surface area contributed by atoms with Crippen LogP contribution in [0.5, 0.6) is 5.75 Å². The van der Waals surface area contributed by atoms with Crippen molar-refractivity contribution in [2.75, 3.05) is 53.0 Å². The smallest absolute Gasteiger partial charge is 0.343 e. The zero-order valence-electron chi connectivity index (χ0n) is 14.8. The number of esters is 1. The van der Waals surface area contributed by atoms with Gasteiger partial charge in [0, 0.05) is 51.9 Å². The molecule has 6 nitrogen and oxygen atoms in total. The van der Waals surface area contributed by atoms with Crippen LogP contribution in [0.4, 0.5) is 0 Å². The number of hydrogen-bond acceptors (Lipinski definition) is 6. The van der Waals surface area contributed by atoms with Gasteiger partial charge < -0.3 is 14.8 Å². The Bertz CT molecular complexity index is 535. The van der Waals surface area contributed by atoms with Gasteiger partial charge in [0.1, 0.15) is 5.75 Å². The van der Waals surface area contributed by atoms with E-state index in [1.165, 1.54) is 32.2 Å². The van der Waals surface area contributed by atoms with Crippen molar-refractivity contribution in [3.05, 3.63) is 29.8 Å². The highest BCUT2D eigenvalue weighted by atomic mass is 35.5. The van der Waals surface area contributed by atoms with E-state index >= 15 is 0 Å². The summed E-state index contributed by atoms with van der Waals surface area (Å²) in [7, 11) is 1.36. The molecule has 0 aromatic heterocycles. The molecule has 2 aliphatic heterocycles. The van der Waals surface area contributed by atoms with Crippen LogP contribution in [0.15, 0.2) is 24.3 Å². The number of benzene rings is 1. The number of halogens is 1. The second-order valence-corrected chi connectivity index (χ2v) is 6.47. The topological polar surface area (TPSA) is 54.0 Å². The van der Waals surface area contributed by atoms with Crippen LogP contribution in [0.2, 0.25) is 0 Å². The van der Waals surface area contributed by atoms with Crippen molar-refractivity contribution in [1.82, 2.24) is 15.1 Å². The lowest BCUT2D eigenvalue weighted by Crippen LogP contribution is -2.49. The first-order valence-corrected chi connectivity index (χ1v) is 8.70. The van der Waals surface area contributed by atoms with Crippen LogP contribution in [0, 0.1) is 0 Å². The van der Waals surface area contributed by atoms with E-state index in [0.717, 1.165) is 32.7 Å². The number of carbonyl (C=O) groups excluding carboxylic acids is 1. The van der Waals surface area contributed by atoms with Crippen molar-refractivity contribution in [3.8, 4) is 5.75 Å². The standard InChI is InChI=1S/C18H27N3O3.ClH/c1-23-18(22)14-24-17-4-2-15(3-5-17)12-20-9-6-16(13-20)21-10-7-19-8-11-21;/h2-5,16,19H,6-14H2,1H3;1H. The second kappa shape index (κ2) is 9.97. The van der Waals surface area contributed by atoms with Gasteiger partial charge in [0.25, 0.3) is 0 Å². The van der Waals surface area contributed by atoms with E-state index in [9.17, 15) is 4.79 Å². The third-order valence-corrected chi connectivity index (χ3v) is 4.83. The molecule has 0 spiro atoms. The fourth-order valence-corrected chi connectivity index (χ4v) is 3.45. The number of ether oxygens (including phenoxy) is 2. The molecule has 1 unspecified atom stereocenters. The van der Waals surface area contributed by atoms with Gasteiger partial charge in [0.2, 0.25) is 0 Å². The number of rotatable bonds is 6. The molecule has 1 atom stereocenters. The average molecular weight is 370 g/mol. The van der Waals surface area contributed by atoms with Gasteiger partial charge in [0.05, 0.1) is 7.11 Å². The summed E-state index contributed by atoms with van der Waals surface area (Å²) in [4.78, 5) is 16.2. The van der Waals surface area contributed by atoms with E-state index < -0.39 is 0 Å². The number of likely N-dealkylation sites (tertiary alicyclic amines) is 1. The number of methoxy groups -OCH3 is 1. The lowest BCUT2D eigenvalue weighted by atomic mass is 10.2. The highest BCUT2D eigenvalue weighted by Gasteiger charge is 2.28. The second-order valence-electron chi connectivity index (χ2n) is 6.47. The van der Waals surface area contributed by atoms with E-state index in [2.05, 4.69) is 32.0 Å². The van der Waals surface area contributed by atoms with Crippen molar-refractivity contribution < 1.29 is 14.3 Å². The van der Waals surface area contributed by atoms with Crippen LogP contribution in [-0.2, 0) is 16.1 Å². The number of carbonyl (C=O) groups is 1. The first-order valence-electron chi connectivity index (χ1n) is 8.70. The fourth-order valence-electron chi connectivity index (χ4n) is 3.45. The largest absolute Gasteiger partial charge is 0.482 e. The molecule has 2 heterocycles. The zero-order chi connectivity index (χ0) is 16.8. The monoisotopic (exact) mass is 369 g/mol. The maximum Gasteiger partial charge on any atom is 0.343 e. The predicted octanol–water partition coefficient (Wildman–Crippen LogP) is 1.14. The SMILES string of the molecule is COC(=O)COc1ccc(CN2CCC(N3CCNCC3)C2)cc1.Cl. The zero-order valence-corrected chi connectivity index (χ0v) is 15.6. The van der Waals surface area contributed by atoms with Crippen molar-refractivity contribution in [3.63, 3.8) is 0 Å². The van der Waals surface area contributed by atoms with Gasteiger partial charge in [-0.05, 0) is 24.1 Å². The molecule has 1 aromatic carbocycles. The number of nitrogens with zero attached hydrogens (tertiary/aromatic N) is 2. The summed E-state index contributed by atoms with van der Waals surface area (Å²) in [6.45, 7) is 7.81. The number of piperazine rings is 1. The van der Waals surface area contributed by atoms with Gasteiger partial charge in [-0.3, -0.25) is 9.80 Å². The first-order chi connectivity index (χ1) is 11.7. The van der Waals surface area contributed by atoms with Gasteiger partial charge in [-0.2, -0.15) is 0 Å². The van der Waals surface area contributed by atoms with Gasteiger partial charge >= 0.3 is 5.97 Å². The third kappa shape index (κ3) is 5.85. The summed E-state index contributed by atoms with van der Waals surface area (Å²) in [5, 5.41) is 3.42. The summed E-state index contributed by atoms with van der Waals surface area (Å²) in [5.74, 6) is 0.333. The lowest BCUT2D eigenvalue weighted by molar-refractivity contribution is -0.142. The van der Waals surface area contributed by atoms with Crippen LogP contribution >= 0.6 is 12.4 Å². The maximum atomic E-state index is 11.1. The molecule has 1 aromatic rings. The van der Waals surface area contributed by atoms with Gasteiger partial charge in [-0.25, -0.2) is 4.79 Å².